The number of hydrogen-bond donors (Lipinski definition) is 2. The molecule has 1 atom stereocenters. The number of hydrogen-bond acceptors (Lipinski definition) is 2. The van der Waals surface area contributed by atoms with E-state index in [1.807, 2.05) is 0 Å². The summed E-state index contributed by atoms with van der Waals surface area (Å²) in [5, 5.41) is 16.4. The molecule has 0 aromatic heterocycles. The van der Waals surface area contributed by atoms with Crippen LogP contribution in [0, 0.1) is 6.57 Å². The lowest BCUT2D eigenvalue weighted by Gasteiger charge is -1.99. The summed E-state index contributed by atoms with van der Waals surface area (Å²) in [5.41, 5.74) is -2.25. The largest absolute Gasteiger partial charge is 0.473 e. The monoisotopic (exact) mass is 115 g/mol. The molecule has 0 heterocycles. The summed E-state index contributed by atoms with van der Waals surface area (Å²) >= 11 is 0. The molecule has 0 bridgehead atoms. The molecule has 0 fully saturated rings. The number of carboxylic acids is 1. The van der Waals surface area contributed by atoms with Crippen LogP contribution in [0.1, 0.15) is 6.92 Å². The van der Waals surface area contributed by atoms with Gasteiger partial charge in [-0.1, -0.05) is 0 Å². The van der Waals surface area contributed by atoms with Crippen molar-refractivity contribution >= 4 is 5.97 Å². The second kappa shape index (κ2) is 1.80. The molecule has 0 aromatic rings. The minimum atomic E-state index is -2.25. The summed E-state index contributed by atoms with van der Waals surface area (Å²) in [6.07, 6.45) is 0. The van der Waals surface area contributed by atoms with Crippen LogP contribution in [-0.2, 0) is 4.79 Å². The van der Waals surface area contributed by atoms with Crippen molar-refractivity contribution in [1.29, 1.82) is 0 Å². The van der Waals surface area contributed by atoms with E-state index in [0.29, 0.717) is 0 Å². The standard InChI is InChI=1S/C4H5NO3/c1-4(8,5-2)3(6)7/h8H,1H3,(H,6,7). The number of nitrogens with zero attached hydrogens (tertiary/aromatic N) is 1. The first-order valence-electron chi connectivity index (χ1n) is 1.85. The molecule has 8 heavy (non-hydrogen) atoms. The molecular formula is C4H5NO3. The molecule has 0 aliphatic rings. The number of carboxylic acid groups (broad SMARTS) is 1. The zero-order valence-corrected chi connectivity index (χ0v) is 4.25. The minimum absolute atomic E-state index is 0.919. The fourth-order valence-electron chi connectivity index (χ4n) is 0.0478. The van der Waals surface area contributed by atoms with E-state index in [-0.39, 0.29) is 0 Å². The van der Waals surface area contributed by atoms with Gasteiger partial charge in [-0.25, -0.2) is 11.4 Å². The van der Waals surface area contributed by atoms with Crippen molar-refractivity contribution in [2.45, 2.75) is 12.6 Å². The van der Waals surface area contributed by atoms with E-state index >= 15 is 0 Å². The van der Waals surface area contributed by atoms with Crippen LogP contribution in [0.15, 0.2) is 0 Å². The SMILES string of the molecule is [C-]#[N+]C(C)(O)C(=O)O. The van der Waals surface area contributed by atoms with Crippen LogP contribution < -0.4 is 0 Å². The lowest BCUT2D eigenvalue weighted by Crippen LogP contribution is -2.30. The fourth-order valence-corrected chi connectivity index (χ4v) is 0.0478. The third-order valence-electron chi connectivity index (χ3n) is 0.623. The van der Waals surface area contributed by atoms with Gasteiger partial charge in [-0.15, -0.1) is 0 Å². The Hall–Kier alpha value is -1.08. The Kier molecular flexibility index (Phi) is 1.56. The second-order valence-electron chi connectivity index (χ2n) is 1.44. The van der Waals surface area contributed by atoms with Crippen molar-refractivity contribution in [3.63, 3.8) is 0 Å². The normalized spacial score (nSPS) is 16.1. The maximum Gasteiger partial charge on any atom is 0.429 e. The van der Waals surface area contributed by atoms with E-state index in [4.69, 9.17) is 16.8 Å². The van der Waals surface area contributed by atoms with Crippen molar-refractivity contribution in [3.05, 3.63) is 11.4 Å². The first-order valence-corrected chi connectivity index (χ1v) is 1.85. The molecule has 0 spiro atoms. The van der Waals surface area contributed by atoms with Crippen LogP contribution in [0.2, 0.25) is 0 Å². The third-order valence-corrected chi connectivity index (χ3v) is 0.623. The summed E-state index contributed by atoms with van der Waals surface area (Å²) in [5.74, 6) is -1.52. The predicted octanol–water partition coefficient (Wildman–Crippen LogP) is -0.301. The molecule has 0 saturated heterocycles. The molecule has 0 aliphatic heterocycles. The summed E-state index contributed by atoms with van der Waals surface area (Å²) in [6, 6.07) is 0. The zero-order chi connectivity index (χ0) is 6.78. The Bertz CT molecular complexity index is 144. The van der Waals surface area contributed by atoms with Gasteiger partial charge < -0.3 is 10.2 Å². The predicted molar refractivity (Wildman–Crippen MR) is 24.9 cm³/mol. The van der Waals surface area contributed by atoms with Crippen LogP contribution in [-0.4, -0.2) is 21.9 Å². The highest BCUT2D eigenvalue weighted by Crippen LogP contribution is 2.02. The van der Waals surface area contributed by atoms with Gasteiger partial charge in [0.15, 0.2) is 0 Å². The molecule has 4 heteroatoms. The molecule has 2 N–H and O–H groups in total. The topological polar surface area (TPSA) is 61.9 Å². The van der Waals surface area contributed by atoms with E-state index < -0.39 is 11.7 Å². The first kappa shape index (κ1) is 6.92. The number of rotatable bonds is 1. The van der Waals surface area contributed by atoms with Crippen LogP contribution >= 0.6 is 0 Å². The molecule has 0 amide bonds. The molecule has 0 radical (unpaired) electrons. The molecule has 4 nitrogen and oxygen atoms in total. The molecule has 1 unspecified atom stereocenters. The van der Waals surface area contributed by atoms with Gasteiger partial charge in [-0.3, -0.25) is 4.85 Å². The van der Waals surface area contributed by atoms with Gasteiger partial charge in [0.1, 0.15) is 0 Å². The van der Waals surface area contributed by atoms with Crippen molar-refractivity contribution in [1.82, 2.24) is 0 Å². The van der Waals surface area contributed by atoms with Crippen molar-refractivity contribution in [2.75, 3.05) is 0 Å². The highest BCUT2D eigenvalue weighted by molar-refractivity contribution is 5.77. The summed E-state index contributed by atoms with van der Waals surface area (Å²) in [4.78, 5) is 12.2. The Balaban J connectivity index is 4.19. The average molecular weight is 115 g/mol. The maximum absolute atomic E-state index is 9.79. The van der Waals surface area contributed by atoms with Crippen molar-refractivity contribution in [3.8, 4) is 0 Å². The Morgan fingerprint density at radius 2 is 2.25 bits per heavy atom. The van der Waals surface area contributed by atoms with Crippen molar-refractivity contribution in [2.24, 2.45) is 0 Å². The Morgan fingerprint density at radius 3 is 2.25 bits per heavy atom. The lowest BCUT2D eigenvalue weighted by molar-refractivity contribution is -0.152. The average Bonchev–Trinajstić information content (AvgIpc) is 1.67. The zero-order valence-electron chi connectivity index (χ0n) is 4.25. The number of aliphatic carboxylic acids is 1. The Morgan fingerprint density at radius 1 is 1.88 bits per heavy atom. The van der Waals surface area contributed by atoms with E-state index in [1.165, 1.54) is 0 Å². The van der Waals surface area contributed by atoms with Crippen LogP contribution in [0.4, 0.5) is 0 Å². The quantitative estimate of drug-likeness (QED) is 0.461. The molecule has 44 valence electrons. The van der Waals surface area contributed by atoms with Gasteiger partial charge in [-0.2, -0.15) is 0 Å². The van der Waals surface area contributed by atoms with Crippen molar-refractivity contribution < 1.29 is 15.0 Å². The summed E-state index contributed by atoms with van der Waals surface area (Å²) in [7, 11) is 0. The number of aliphatic hydroxyl groups is 1. The van der Waals surface area contributed by atoms with Crippen LogP contribution in [0.25, 0.3) is 4.85 Å². The smallest absolute Gasteiger partial charge is 0.429 e. The minimum Gasteiger partial charge on any atom is -0.473 e. The first-order chi connectivity index (χ1) is 3.50. The van der Waals surface area contributed by atoms with Gasteiger partial charge >= 0.3 is 11.7 Å². The molecule has 0 rings (SSSR count). The van der Waals surface area contributed by atoms with Gasteiger partial charge in [-0.05, 0) is 0 Å². The third kappa shape index (κ3) is 1.21. The molecule has 0 saturated carbocycles. The van der Waals surface area contributed by atoms with Gasteiger partial charge in [0.25, 0.3) is 0 Å². The number of carbonyl (C=O) groups is 1. The van der Waals surface area contributed by atoms with E-state index in [1.54, 1.807) is 0 Å². The Labute approximate surface area is 46.2 Å². The highest BCUT2D eigenvalue weighted by Gasteiger charge is 2.36. The van der Waals surface area contributed by atoms with Crippen LogP contribution in [0.3, 0.4) is 0 Å². The summed E-state index contributed by atoms with van der Waals surface area (Å²) in [6.45, 7) is 7.05. The van der Waals surface area contributed by atoms with Gasteiger partial charge in [0, 0.05) is 0 Å². The van der Waals surface area contributed by atoms with Crippen LogP contribution in [0.5, 0.6) is 0 Å². The lowest BCUT2D eigenvalue weighted by atomic mass is 10.3. The molecular weight excluding hydrogens is 110 g/mol. The van der Waals surface area contributed by atoms with Gasteiger partial charge in [0.05, 0.1) is 6.92 Å². The van der Waals surface area contributed by atoms with E-state index in [2.05, 4.69) is 4.85 Å². The fraction of sp³-hybridized carbons (Fsp3) is 0.500. The molecule has 0 aliphatic carbocycles. The second-order valence-corrected chi connectivity index (χ2v) is 1.44. The summed E-state index contributed by atoms with van der Waals surface area (Å²) < 4.78 is 0. The maximum atomic E-state index is 9.79. The van der Waals surface area contributed by atoms with Gasteiger partial charge in [0.2, 0.25) is 0 Å². The van der Waals surface area contributed by atoms with E-state index in [9.17, 15) is 4.79 Å². The van der Waals surface area contributed by atoms with E-state index in [0.717, 1.165) is 6.92 Å². The molecule has 0 aromatic carbocycles. The highest BCUT2D eigenvalue weighted by atomic mass is 16.4.